The van der Waals surface area contributed by atoms with Crippen LogP contribution in [0.25, 0.3) is 0 Å². The van der Waals surface area contributed by atoms with E-state index in [0.717, 1.165) is 22.9 Å². The third-order valence-electron chi connectivity index (χ3n) is 5.28. The highest BCUT2D eigenvalue weighted by Crippen LogP contribution is 2.66. The van der Waals surface area contributed by atoms with Crippen LogP contribution in [0.15, 0.2) is 27.8 Å². The molecule has 0 bridgehead atoms. The molecule has 1 aromatic rings. The summed E-state index contributed by atoms with van der Waals surface area (Å²) in [6.45, 7) is 2.42. The third-order valence-corrected chi connectivity index (χ3v) is 5.77. The maximum atomic E-state index is 12.4. The van der Waals surface area contributed by atoms with Crippen molar-refractivity contribution in [2.45, 2.75) is 32.6 Å². The van der Waals surface area contributed by atoms with E-state index >= 15 is 0 Å². The molecule has 2 saturated carbocycles. The Morgan fingerprint density at radius 3 is 3.12 bits per heavy atom. The van der Waals surface area contributed by atoms with Crippen LogP contribution >= 0.6 is 15.9 Å². The molecular formula is C19H21BrN2O2. The van der Waals surface area contributed by atoms with E-state index in [2.05, 4.69) is 39.3 Å². The molecule has 0 heterocycles. The molecule has 0 spiro atoms. The molecule has 24 heavy (non-hydrogen) atoms. The maximum Gasteiger partial charge on any atom is 0.244 e. The molecule has 126 valence electrons. The number of benzene rings is 1. The Balaban J connectivity index is 1.63. The van der Waals surface area contributed by atoms with E-state index in [4.69, 9.17) is 11.2 Å². The summed E-state index contributed by atoms with van der Waals surface area (Å²) < 4.78 is 6.40. The summed E-state index contributed by atoms with van der Waals surface area (Å²) in [7, 11) is 0. The van der Waals surface area contributed by atoms with Gasteiger partial charge in [-0.1, -0.05) is 41.6 Å². The van der Waals surface area contributed by atoms with E-state index in [0.29, 0.717) is 11.7 Å². The van der Waals surface area contributed by atoms with Gasteiger partial charge in [0.15, 0.2) is 0 Å². The van der Waals surface area contributed by atoms with Crippen LogP contribution < -0.4 is 10.2 Å². The number of carbonyl (C=O) groups is 1. The van der Waals surface area contributed by atoms with E-state index in [9.17, 15) is 4.79 Å². The number of amides is 1. The predicted molar refractivity (Wildman–Crippen MR) is 97.8 cm³/mol. The smallest absolute Gasteiger partial charge is 0.244 e. The Labute approximate surface area is 151 Å². The molecular weight excluding hydrogens is 368 g/mol. The topological polar surface area (TPSA) is 50.7 Å². The minimum Gasteiger partial charge on any atom is -0.480 e. The molecule has 3 rings (SSSR count). The Morgan fingerprint density at radius 2 is 2.42 bits per heavy atom. The van der Waals surface area contributed by atoms with E-state index in [1.54, 1.807) is 6.21 Å². The Morgan fingerprint density at radius 1 is 1.58 bits per heavy atom. The van der Waals surface area contributed by atoms with Crippen LogP contribution in [-0.4, -0.2) is 18.7 Å². The molecule has 1 aromatic carbocycles. The Hall–Kier alpha value is -1.80. The van der Waals surface area contributed by atoms with Crippen molar-refractivity contribution in [3.8, 4) is 18.1 Å². The van der Waals surface area contributed by atoms with Crippen molar-refractivity contribution in [1.82, 2.24) is 5.43 Å². The summed E-state index contributed by atoms with van der Waals surface area (Å²) in [4.78, 5) is 12.4. The lowest BCUT2D eigenvalue weighted by atomic mass is 9.90. The van der Waals surface area contributed by atoms with E-state index in [1.165, 1.54) is 12.8 Å². The van der Waals surface area contributed by atoms with E-state index in [-0.39, 0.29) is 23.8 Å². The average molecular weight is 389 g/mol. The van der Waals surface area contributed by atoms with Gasteiger partial charge < -0.3 is 4.74 Å². The van der Waals surface area contributed by atoms with Gasteiger partial charge in [-0.05, 0) is 42.4 Å². The zero-order valence-corrected chi connectivity index (χ0v) is 15.3. The summed E-state index contributed by atoms with van der Waals surface area (Å²) in [6, 6.07) is 5.57. The number of nitrogens with zero attached hydrogens (tertiary/aromatic N) is 1. The minimum absolute atomic E-state index is 0.0294. The van der Waals surface area contributed by atoms with Crippen molar-refractivity contribution in [2.75, 3.05) is 6.61 Å². The van der Waals surface area contributed by atoms with Gasteiger partial charge in [0.25, 0.3) is 0 Å². The molecule has 0 aliphatic heterocycles. The summed E-state index contributed by atoms with van der Waals surface area (Å²) in [6.07, 6.45) is 11.6. The predicted octanol–water partition coefficient (Wildman–Crippen LogP) is 3.74. The van der Waals surface area contributed by atoms with E-state index in [1.807, 2.05) is 18.2 Å². The van der Waals surface area contributed by atoms with Crippen LogP contribution in [0.2, 0.25) is 0 Å². The number of ether oxygens (including phenoxy) is 1. The molecule has 4 nitrogen and oxygen atoms in total. The maximum absolute atomic E-state index is 12.4. The first-order valence-electron chi connectivity index (χ1n) is 8.25. The van der Waals surface area contributed by atoms with Crippen molar-refractivity contribution in [2.24, 2.45) is 22.4 Å². The average Bonchev–Trinajstić information content (AvgIpc) is 3.19. The second kappa shape index (κ2) is 6.98. The van der Waals surface area contributed by atoms with Crippen LogP contribution in [0.3, 0.4) is 0 Å². The lowest BCUT2D eigenvalue weighted by Gasteiger charge is -2.15. The van der Waals surface area contributed by atoms with Crippen molar-refractivity contribution in [3.05, 3.63) is 28.2 Å². The number of nitrogens with one attached hydrogen (secondary N) is 1. The van der Waals surface area contributed by atoms with Crippen LogP contribution in [0, 0.1) is 29.6 Å². The van der Waals surface area contributed by atoms with Crippen molar-refractivity contribution < 1.29 is 9.53 Å². The monoisotopic (exact) mass is 388 g/mol. The Bertz CT molecular complexity index is 710. The van der Waals surface area contributed by atoms with Gasteiger partial charge in [-0.2, -0.15) is 5.10 Å². The Kier molecular flexibility index (Phi) is 4.96. The van der Waals surface area contributed by atoms with Gasteiger partial charge in [0.05, 0.1) is 6.21 Å². The van der Waals surface area contributed by atoms with Crippen LogP contribution in [0.5, 0.6) is 5.75 Å². The van der Waals surface area contributed by atoms with Crippen LogP contribution in [0.4, 0.5) is 0 Å². The fourth-order valence-corrected chi connectivity index (χ4v) is 4.34. The fourth-order valence-electron chi connectivity index (χ4n) is 3.96. The van der Waals surface area contributed by atoms with Gasteiger partial charge in [-0.15, -0.1) is 6.42 Å². The normalized spacial score (nSPS) is 28.0. The number of fused-ring (bicyclic) bond motifs is 1. The molecule has 1 N–H and O–H groups in total. The van der Waals surface area contributed by atoms with Gasteiger partial charge in [-0.3, -0.25) is 4.79 Å². The molecule has 2 aliphatic rings. The quantitative estimate of drug-likeness (QED) is 0.474. The van der Waals surface area contributed by atoms with Crippen LogP contribution in [-0.2, 0) is 4.79 Å². The number of hydrogen-bond acceptors (Lipinski definition) is 3. The van der Waals surface area contributed by atoms with Gasteiger partial charge in [0, 0.05) is 16.0 Å². The second-order valence-electron chi connectivity index (χ2n) is 6.74. The third kappa shape index (κ3) is 3.34. The number of carbonyl (C=O) groups excluding carboxylic acids is 1. The molecule has 2 aliphatic carbocycles. The summed E-state index contributed by atoms with van der Waals surface area (Å²) in [5.74, 6) is 3.75. The minimum atomic E-state index is 0.0294. The number of hydrogen-bond donors (Lipinski definition) is 1. The molecule has 0 aromatic heterocycles. The standard InChI is InChI=1S/C19H21BrN2O2/c1-3-10-24-16-8-7-14(20)11-13(16)12-21-22-18(23)17-15-6-4-5-9-19(15,17)2/h1,7-8,11-12,15,17H,4-6,9-10H2,2H3,(H,22,23)/b21-12-/t15-,17+,19-/m1/s1. The van der Waals surface area contributed by atoms with Gasteiger partial charge in [0.1, 0.15) is 12.4 Å². The van der Waals surface area contributed by atoms with Gasteiger partial charge >= 0.3 is 0 Å². The first kappa shape index (κ1) is 17.0. The lowest BCUT2D eigenvalue weighted by Crippen LogP contribution is -2.22. The highest BCUT2D eigenvalue weighted by atomic mass is 79.9. The SMILES string of the molecule is C#CCOc1ccc(Br)cc1/C=N\NC(=O)[C@@H]1[C@H]2CCCC[C@]21C. The molecule has 1 amide bonds. The summed E-state index contributed by atoms with van der Waals surface area (Å²) in [5.41, 5.74) is 3.65. The van der Waals surface area contributed by atoms with Crippen LogP contribution in [0.1, 0.15) is 38.2 Å². The largest absolute Gasteiger partial charge is 0.480 e. The first-order valence-corrected chi connectivity index (χ1v) is 9.04. The van der Waals surface area contributed by atoms with Crippen molar-refractivity contribution >= 4 is 28.1 Å². The number of rotatable bonds is 5. The molecule has 0 radical (unpaired) electrons. The van der Waals surface area contributed by atoms with Gasteiger partial charge in [0.2, 0.25) is 5.91 Å². The first-order chi connectivity index (χ1) is 11.6. The molecule has 5 heteroatoms. The zero-order chi connectivity index (χ0) is 17.2. The number of terminal acetylenes is 1. The summed E-state index contributed by atoms with van der Waals surface area (Å²) in [5, 5.41) is 4.12. The molecule has 3 atom stereocenters. The number of halogens is 1. The van der Waals surface area contributed by atoms with Crippen molar-refractivity contribution in [1.29, 1.82) is 0 Å². The number of hydrazone groups is 1. The fraction of sp³-hybridized carbons (Fsp3) is 0.474. The van der Waals surface area contributed by atoms with Gasteiger partial charge in [-0.25, -0.2) is 5.43 Å². The lowest BCUT2D eigenvalue weighted by molar-refractivity contribution is -0.123. The molecule has 0 unspecified atom stereocenters. The summed E-state index contributed by atoms with van der Waals surface area (Å²) >= 11 is 3.42. The molecule has 2 fully saturated rings. The van der Waals surface area contributed by atoms with E-state index < -0.39 is 0 Å². The second-order valence-corrected chi connectivity index (χ2v) is 7.66. The molecule has 0 saturated heterocycles. The van der Waals surface area contributed by atoms with Crippen molar-refractivity contribution in [3.63, 3.8) is 0 Å². The highest BCUT2D eigenvalue weighted by molar-refractivity contribution is 9.10. The zero-order valence-electron chi connectivity index (χ0n) is 13.7. The highest BCUT2D eigenvalue weighted by Gasteiger charge is 2.64.